The number of carbonyl (C=O) groups excluding carboxylic acids is 1. The number of piperazine rings is 1. The molecule has 34 heavy (non-hydrogen) atoms. The maximum atomic E-state index is 13.3. The number of H-pyrrole nitrogens is 1. The minimum atomic E-state index is -3.71. The normalized spacial score (nSPS) is 19.6. The van der Waals surface area contributed by atoms with E-state index in [1.165, 1.54) is 22.1 Å². The molecule has 2 aromatic heterocycles. The van der Waals surface area contributed by atoms with E-state index in [1.54, 1.807) is 4.90 Å². The Labute approximate surface area is 198 Å². The molecule has 0 radical (unpaired) electrons. The van der Waals surface area contributed by atoms with Crippen molar-refractivity contribution in [1.82, 2.24) is 24.4 Å². The van der Waals surface area contributed by atoms with Gasteiger partial charge >= 0.3 is 11.8 Å². The summed E-state index contributed by atoms with van der Waals surface area (Å²) in [6.45, 7) is 6.81. The molecule has 1 atom stereocenters. The van der Waals surface area contributed by atoms with Gasteiger partial charge < -0.3 is 19.2 Å². The fourth-order valence-electron chi connectivity index (χ4n) is 4.60. The standard InChI is InChI=1S/C23H28N6O4S/c1-16-6-5-7-18(12-16)29-11-10-28(15-17(29)2)34(31,32)19-13-20(24-14-19)21-25-26-22(33-21)23(30)27-8-3-4-9-27/h5-7,12-14,17,24H,3-4,8-11,15H2,1-2H3/t17-/m0/s1. The predicted molar refractivity (Wildman–Crippen MR) is 126 cm³/mol. The number of hydrogen-bond donors (Lipinski definition) is 1. The molecule has 4 heterocycles. The van der Waals surface area contributed by atoms with Crippen molar-refractivity contribution in [3.05, 3.63) is 48.0 Å². The first-order chi connectivity index (χ1) is 16.3. The molecule has 10 nitrogen and oxygen atoms in total. The first kappa shape index (κ1) is 22.6. The lowest BCUT2D eigenvalue weighted by Gasteiger charge is -2.40. The first-order valence-corrected chi connectivity index (χ1v) is 12.9. The van der Waals surface area contributed by atoms with E-state index in [0.29, 0.717) is 38.4 Å². The second-order valence-corrected chi connectivity index (χ2v) is 10.8. The highest BCUT2D eigenvalue weighted by Gasteiger charge is 2.33. The third-order valence-electron chi connectivity index (χ3n) is 6.45. The summed E-state index contributed by atoms with van der Waals surface area (Å²) in [7, 11) is -3.71. The Morgan fingerprint density at radius 1 is 1.12 bits per heavy atom. The van der Waals surface area contributed by atoms with Crippen LogP contribution in [0.3, 0.4) is 0 Å². The van der Waals surface area contributed by atoms with Gasteiger partial charge in [0.2, 0.25) is 10.0 Å². The zero-order chi connectivity index (χ0) is 23.9. The number of sulfonamides is 1. The molecule has 0 bridgehead atoms. The van der Waals surface area contributed by atoms with Crippen LogP contribution < -0.4 is 4.90 Å². The van der Waals surface area contributed by atoms with Crippen molar-refractivity contribution in [1.29, 1.82) is 0 Å². The second kappa shape index (κ2) is 8.88. The number of aromatic amines is 1. The smallest absolute Gasteiger partial charge is 0.311 e. The monoisotopic (exact) mass is 484 g/mol. The van der Waals surface area contributed by atoms with Gasteiger partial charge in [0, 0.05) is 50.6 Å². The number of benzene rings is 1. The number of aromatic nitrogens is 3. The average Bonchev–Trinajstić information content (AvgIpc) is 3.60. The van der Waals surface area contributed by atoms with Crippen molar-refractivity contribution in [3.63, 3.8) is 0 Å². The third-order valence-corrected chi connectivity index (χ3v) is 8.29. The number of nitrogens with zero attached hydrogens (tertiary/aromatic N) is 5. The van der Waals surface area contributed by atoms with Crippen molar-refractivity contribution < 1.29 is 17.6 Å². The molecule has 2 aliphatic heterocycles. The third kappa shape index (κ3) is 4.21. The molecule has 3 aromatic rings. The fourth-order valence-corrected chi connectivity index (χ4v) is 6.11. The SMILES string of the molecule is Cc1cccc(N2CCN(S(=O)(=O)c3c[nH]c(-c4nnc(C(=O)N5CCCC5)o4)c3)C[C@@H]2C)c1. The van der Waals surface area contributed by atoms with Gasteiger partial charge in [-0.25, -0.2) is 8.42 Å². The molecule has 2 fully saturated rings. The second-order valence-electron chi connectivity index (χ2n) is 8.91. The zero-order valence-electron chi connectivity index (χ0n) is 19.3. The van der Waals surface area contributed by atoms with Crippen molar-refractivity contribution in [2.45, 2.75) is 37.6 Å². The number of hydrogen-bond acceptors (Lipinski definition) is 7. The van der Waals surface area contributed by atoms with Crippen LogP contribution in [0.15, 0.2) is 45.8 Å². The van der Waals surface area contributed by atoms with Crippen LogP contribution in [-0.4, -0.2) is 77.5 Å². The molecule has 1 amide bonds. The molecule has 0 aliphatic carbocycles. The molecular formula is C23H28N6O4S. The lowest BCUT2D eigenvalue weighted by molar-refractivity contribution is 0.0754. The van der Waals surface area contributed by atoms with E-state index in [2.05, 4.69) is 32.2 Å². The van der Waals surface area contributed by atoms with Crippen molar-refractivity contribution in [2.24, 2.45) is 0 Å². The Bertz CT molecular complexity index is 1290. The summed E-state index contributed by atoms with van der Waals surface area (Å²) < 4.78 is 33.7. The van der Waals surface area contributed by atoms with E-state index in [0.717, 1.165) is 18.5 Å². The molecule has 2 aliphatic rings. The number of carbonyl (C=O) groups is 1. The summed E-state index contributed by atoms with van der Waals surface area (Å²) in [5.74, 6) is -0.297. The Morgan fingerprint density at radius 3 is 2.65 bits per heavy atom. The number of nitrogens with one attached hydrogen (secondary N) is 1. The Kier molecular flexibility index (Phi) is 5.90. The van der Waals surface area contributed by atoms with Gasteiger partial charge in [-0.05, 0) is 50.5 Å². The molecule has 1 N–H and O–H groups in total. The van der Waals surface area contributed by atoms with Crippen LogP contribution in [0, 0.1) is 6.92 Å². The lowest BCUT2D eigenvalue weighted by Crippen LogP contribution is -2.53. The minimum absolute atomic E-state index is 0.0267. The van der Waals surface area contributed by atoms with Crippen LogP contribution >= 0.6 is 0 Å². The maximum Gasteiger partial charge on any atom is 0.311 e. The molecule has 0 saturated carbocycles. The highest BCUT2D eigenvalue weighted by atomic mass is 32.2. The van der Waals surface area contributed by atoms with E-state index in [4.69, 9.17) is 4.42 Å². The number of anilines is 1. The van der Waals surface area contributed by atoms with Gasteiger partial charge in [0.15, 0.2) is 0 Å². The van der Waals surface area contributed by atoms with Crippen molar-refractivity contribution in [2.75, 3.05) is 37.6 Å². The summed E-state index contributed by atoms with van der Waals surface area (Å²) in [4.78, 5) is 19.4. The zero-order valence-corrected chi connectivity index (χ0v) is 20.1. The van der Waals surface area contributed by atoms with Gasteiger partial charge in [-0.1, -0.05) is 12.1 Å². The van der Waals surface area contributed by atoms with E-state index in [1.807, 2.05) is 26.0 Å². The minimum Gasteiger partial charge on any atom is -0.411 e. The van der Waals surface area contributed by atoms with Gasteiger partial charge in [-0.2, -0.15) is 4.31 Å². The molecule has 0 unspecified atom stereocenters. The molecule has 11 heteroatoms. The lowest BCUT2D eigenvalue weighted by atomic mass is 10.1. The van der Waals surface area contributed by atoms with E-state index >= 15 is 0 Å². The fraction of sp³-hybridized carbons (Fsp3) is 0.435. The number of amides is 1. The molecular weight excluding hydrogens is 456 g/mol. The van der Waals surface area contributed by atoms with Gasteiger partial charge in [0.25, 0.3) is 5.89 Å². The van der Waals surface area contributed by atoms with Crippen molar-refractivity contribution >= 4 is 21.6 Å². The van der Waals surface area contributed by atoms with Crippen LogP contribution in [0.5, 0.6) is 0 Å². The van der Waals surface area contributed by atoms with Crippen LogP contribution in [0.4, 0.5) is 5.69 Å². The highest BCUT2D eigenvalue weighted by molar-refractivity contribution is 7.89. The maximum absolute atomic E-state index is 13.3. The number of likely N-dealkylation sites (tertiary alicyclic amines) is 1. The summed E-state index contributed by atoms with van der Waals surface area (Å²) in [6.07, 6.45) is 3.35. The van der Waals surface area contributed by atoms with Crippen molar-refractivity contribution in [3.8, 4) is 11.6 Å². The van der Waals surface area contributed by atoms with Gasteiger partial charge in [0.1, 0.15) is 10.6 Å². The number of rotatable bonds is 5. The van der Waals surface area contributed by atoms with Crippen LogP contribution in [0.1, 0.15) is 36.0 Å². The summed E-state index contributed by atoms with van der Waals surface area (Å²) in [5.41, 5.74) is 2.63. The largest absolute Gasteiger partial charge is 0.411 e. The molecule has 180 valence electrons. The summed E-state index contributed by atoms with van der Waals surface area (Å²) in [5, 5.41) is 7.80. The van der Waals surface area contributed by atoms with Crippen LogP contribution in [0.2, 0.25) is 0 Å². The van der Waals surface area contributed by atoms with E-state index in [-0.39, 0.29) is 28.6 Å². The van der Waals surface area contributed by atoms with Gasteiger partial charge in [0.05, 0.1) is 0 Å². The number of aryl methyl sites for hydroxylation is 1. The molecule has 5 rings (SSSR count). The predicted octanol–water partition coefficient (Wildman–Crippen LogP) is 2.51. The molecule has 1 aromatic carbocycles. The van der Waals surface area contributed by atoms with E-state index < -0.39 is 10.0 Å². The molecule has 0 spiro atoms. The van der Waals surface area contributed by atoms with Crippen LogP contribution in [0.25, 0.3) is 11.6 Å². The Balaban J connectivity index is 1.30. The topological polar surface area (TPSA) is 116 Å². The molecule has 2 saturated heterocycles. The quantitative estimate of drug-likeness (QED) is 0.592. The Hall–Kier alpha value is -3.18. The van der Waals surface area contributed by atoms with E-state index in [9.17, 15) is 13.2 Å². The highest BCUT2D eigenvalue weighted by Crippen LogP contribution is 2.27. The summed E-state index contributed by atoms with van der Waals surface area (Å²) >= 11 is 0. The average molecular weight is 485 g/mol. The summed E-state index contributed by atoms with van der Waals surface area (Å²) in [6, 6.07) is 9.74. The Morgan fingerprint density at radius 2 is 1.91 bits per heavy atom. The van der Waals surface area contributed by atoms with Gasteiger partial charge in [-0.3, -0.25) is 4.79 Å². The first-order valence-electron chi connectivity index (χ1n) is 11.5. The van der Waals surface area contributed by atoms with Crippen LogP contribution in [-0.2, 0) is 10.0 Å². The van der Waals surface area contributed by atoms with Gasteiger partial charge in [-0.15, -0.1) is 10.2 Å².